The number of hydrogen-bond donors (Lipinski definition) is 3. The number of nitrogens with one attached hydrogen (secondary N) is 1. The van der Waals surface area contributed by atoms with Crippen LogP contribution in [0.3, 0.4) is 0 Å². The molecule has 0 aliphatic heterocycles. The van der Waals surface area contributed by atoms with Gasteiger partial charge in [0, 0.05) is 5.56 Å². The summed E-state index contributed by atoms with van der Waals surface area (Å²) in [6.07, 6.45) is -0.765. The number of halogens is 2. The van der Waals surface area contributed by atoms with Crippen LogP contribution in [0.4, 0.5) is 10.1 Å². The highest BCUT2D eigenvalue weighted by molar-refractivity contribution is 6.37. The molecule has 24 heavy (non-hydrogen) atoms. The second-order valence-corrected chi connectivity index (χ2v) is 5.87. The van der Waals surface area contributed by atoms with Crippen molar-refractivity contribution in [2.75, 3.05) is 0 Å². The minimum atomic E-state index is -0.765. The lowest BCUT2D eigenvalue weighted by Crippen LogP contribution is -2.24. The number of hydrogen-bond acceptors (Lipinski definition) is 3. The van der Waals surface area contributed by atoms with Crippen LogP contribution in [0, 0.1) is 12.4 Å². The van der Waals surface area contributed by atoms with Gasteiger partial charge < -0.3 is 15.8 Å². The SMILES string of the molecule is [C-]#[N+]c1ccc(-c2ccc3[nH]c([C@@H](N)[C@@H](C)O)nc3c2Cl)cc1F. The highest BCUT2D eigenvalue weighted by Gasteiger charge is 2.19. The molecule has 3 rings (SSSR count). The van der Waals surface area contributed by atoms with E-state index < -0.39 is 18.0 Å². The lowest BCUT2D eigenvalue weighted by Gasteiger charge is -2.10. The molecule has 4 N–H and O–H groups in total. The standard InChI is InChI=1S/C17H14ClFN4O/c1-8(24)15(20)17-22-13-6-4-10(14(18)16(13)23-17)9-3-5-12(21-2)11(19)7-9/h3-8,15,24H,20H2,1H3,(H,22,23)/t8-,15+/m1/s1. The summed E-state index contributed by atoms with van der Waals surface area (Å²) in [6, 6.07) is 7.17. The number of benzene rings is 2. The second-order valence-electron chi connectivity index (χ2n) is 5.49. The average Bonchev–Trinajstić information content (AvgIpc) is 2.99. The summed E-state index contributed by atoms with van der Waals surface area (Å²) in [6.45, 7) is 8.48. The Morgan fingerprint density at radius 3 is 2.75 bits per heavy atom. The smallest absolute Gasteiger partial charge is 0.222 e. The Kier molecular flexibility index (Phi) is 4.24. The molecule has 5 nitrogen and oxygen atoms in total. The van der Waals surface area contributed by atoms with Gasteiger partial charge in [-0.3, -0.25) is 0 Å². The topological polar surface area (TPSA) is 79.3 Å². The summed E-state index contributed by atoms with van der Waals surface area (Å²) in [4.78, 5) is 10.5. The molecule has 3 aromatic rings. The number of nitrogens with zero attached hydrogens (tertiary/aromatic N) is 2. The van der Waals surface area contributed by atoms with Crippen LogP contribution in [0.5, 0.6) is 0 Å². The summed E-state index contributed by atoms with van der Waals surface area (Å²) in [5.74, 6) is -0.175. The zero-order valence-corrected chi connectivity index (χ0v) is 13.5. The Labute approximate surface area is 142 Å². The summed E-state index contributed by atoms with van der Waals surface area (Å²) >= 11 is 6.43. The van der Waals surface area contributed by atoms with Gasteiger partial charge in [0.1, 0.15) is 17.2 Å². The van der Waals surface area contributed by atoms with Crippen LogP contribution >= 0.6 is 11.6 Å². The Bertz CT molecular complexity index is 961. The zero-order valence-electron chi connectivity index (χ0n) is 12.7. The third-order valence-electron chi connectivity index (χ3n) is 3.83. The van der Waals surface area contributed by atoms with Crippen molar-refractivity contribution in [3.05, 3.63) is 58.4 Å². The summed E-state index contributed by atoms with van der Waals surface area (Å²) in [7, 11) is 0. The molecular weight excluding hydrogens is 331 g/mol. The van der Waals surface area contributed by atoms with Crippen LogP contribution in [0.1, 0.15) is 18.8 Å². The number of fused-ring (bicyclic) bond motifs is 1. The molecule has 0 spiro atoms. The van der Waals surface area contributed by atoms with E-state index in [1.54, 1.807) is 25.1 Å². The number of rotatable bonds is 3. The summed E-state index contributed by atoms with van der Waals surface area (Å²) < 4.78 is 13.9. The fourth-order valence-electron chi connectivity index (χ4n) is 2.44. The molecule has 0 fully saturated rings. The molecule has 7 heteroatoms. The van der Waals surface area contributed by atoms with Crippen LogP contribution in [-0.2, 0) is 0 Å². The Hall–Kier alpha value is -2.46. The molecule has 0 saturated heterocycles. The van der Waals surface area contributed by atoms with Gasteiger partial charge in [-0.25, -0.2) is 14.2 Å². The van der Waals surface area contributed by atoms with Gasteiger partial charge in [-0.2, -0.15) is 0 Å². The van der Waals surface area contributed by atoms with E-state index >= 15 is 0 Å². The van der Waals surface area contributed by atoms with Gasteiger partial charge >= 0.3 is 0 Å². The first-order chi connectivity index (χ1) is 11.4. The van der Waals surface area contributed by atoms with Crippen LogP contribution in [-0.4, -0.2) is 21.2 Å². The van der Waals surface area contributed by atoms with Gasteiger partial charge in [-0.1, -0.05) is 29.8 Å². The molecule has 0 aliphatic carbocycles. The predicted octanol–water partition coefficient (Wildman–Crippen LogP) is 3.95. The maximum absolute atomic E-state index is 13.9. The molecule has 0 bridgehead atoms. The highest BCUT2D eigenvalue weighted by Crippen LogP contribution is 2.35. The fraction of sp³-hybridized carbons (Fsp3) is 0.176. The number of nitrogens with two attached hydrogens (primary N) is 1. The fourth-order valence-corrected chi connectivity index (χ4v) is 2.75. The Morgan fingerprint density at radius 1 is 1.38 bits per heavy atom. The molecule has 0 amide bonds. The van der Waals surface area contributed by atoms with Crippen molar-refractivity contribution in [3.63, 3.8) is 0 Å². The molecule has 2 atom stereocenters. The van der Waals surface area contributed by atoms with E-state index in [-0.39, 0.29) is 5.69 Å². The Balaban J connectivity index is 2.12. The van der Waals surface area contributed by atoms with Gasteiger partial charge in [-0.15, -0.1) is 0 Å². The second kappa shape index (κ2) is 6.21. The normalized spacial score (nSPS) is 13.7. The number of aliphatic hydroxyl groups is 1. The third-order valence-corrected chi connectivity index (χ3v) is 4.21. The molecule has 0 aliphatic rings. The number of H-pyrrole nitrogens is 1. The van der Waals surface area contributed by atoms with Crippen molar-refractivity contribution in [3.8, 4) is 11.1 Å². The van der Waals surface area contributed by atoms with Crippen molar-refractivity contribution in [1.29, 1.82) is 0 Å². The van der Waals surface area contributed by atoms with Crippen LogP contribution in [0.15, 0.2) is 30.3 Å². The molecular formula is C17H14ClFN4O. The maximum atomic E-state index is 13.9. The van der Waals surface area contributed by atoms with Gasteiger partial charge in [0.2, 0.25) is 5.69 Å². The first kappa shape index (κ1) is 16.4. The summed E-state index contributed by atoms with van der Waals surface area (Å²) in [5.41, 5.74) is 8.17. The molecule has 1 heterocycles. The minimum absolute atomic E-state index is 0.0408. The third kappa shape index (κ3) is 2.74. The van der Waals surface area contributed by atoms with E-state index in [0.717, 1.165) is 0 Å². The van der Waals surface area contributed by atoms with Crippen molar-refractivity contribution in [1.82, 2.24) is 9.97 Å². The lowest BCUT2D eigenvalue weighted by molar-refractivity contribution is 0.161. The van der Waals surface area contributed by atoms with E-state index in [0.29, 0.717) is 33.0 Å². The summed E-state index contributed by atoms with van der Waals surface area (Å²) in [5, 5.41) is 9.95. The van der Waals surface area contributed by atoms with Gasteiger partial charge in [0.05, 0.1) is 29.3 Å². The van der Waals surface area contributed by atoms with Crippen molar-refractivity contribution < 1.29 is 9.50 Å². The monoisotopic (exact) mass is 344 g/mol. The van der Waals surface area contributed by atoms with E-state index in [9.17, 15) is 9.50 Å². The zero-order chi connectivity index (χ0) is 17.4. The molecule has 0 radical (unpaired) electrons. The lowest BCUT2D eigenvalue weighted by atomic mass is 10.0. The van der Waals surface area contributed by atoms with E-state index in [2.05, 4.69) is 14.8 Å². The highest BCUT2D eigenvalue weighted by atomic mass is 35.5. The van der Waals surface area contributed by atoms with Gasteiger partial charge in [0.15, 0.2) is 0 Å². The quantitative estimate of drug-likeness (QED) is 0.629. The first-order valence-corrected chi connectivity index (χ1v) is 7.59. The minimum Gasteiger partial charge on any atom is -0.391 e. The molecule has 122 valence electrons. The van der Waals surface area contributed by atoms with Crippen molar-refractivity contribution in [2.45, 2.75) is 19.1 Å². The van der Waals surface area contributed by atoms with Gasteiger partial charge in [0.25, 0.3) is 0 Å². The largest absolute Gasteiger partial charge is 0.391 e. The van der Waals surface area contributed by atoms with Gasteiger partial charge in [-0.05, 0) is 24.6 Å². The number of aromatic amines is 1. The van der Waals surface area contributed by atoms with E-state index in [1.807, 2.05) is 0 Å². The van der Waals surface area contributed by atoms with Crippen LogP contribution in [0.25, 0.3) is 27.0 Å². The maximum Gasteiger partial charge on any atom is 0.222 e. The van der Waals surface area contributed by atoms with Crippen LogP contribution < -0.4 is 5.73 Å². The van der Waals surface area contributed by atoms with E-state index in [4.69, 9.17) is 23.9 Å². The molecule has 0 unspecified atom stereocenters. The molecule has 0 saturated carbocycles. The van der Waals surface area contributed by atoms with Crippen molar-refractivity contribution >= 4 is 28.3 Å². The number of imidazole rings is 1. The van der Waals surface area contributed by atoms with Crippen molar-refractivity contribution in [2.24, 2.45) is 5.73 Å². The van der Waals surface area contributed by atoms with Crippen LogP contribution in [0.2, 0.25) is 5.02 Å². The number of aliphatic hydroxyl groups excluding tert-OH is 1. The number of aromatic nitrogens is 2. The average molecular weight is 345 g/mol. The predicted molar refractivity (Wildman–Crippen MR) is 91.4 cm³/mol. The first-order valence-electron chi connectivity index (χ1n) is 7.21. The molecule has 2 aromatic carbocycles. The Morgan fingerprint density at radius 2 is 2.12 bits per heavy atom. The molecule has 1 aromatic heterocycles. The van der Waals surface area contributed by atoms with E-state index in [1.165, 1.54) is 12.1 Å².